The standard InChI is InChI=1S/C11H19ClN2S/c1-8(2)4-5-9(3)13-7-11-14-6-10(12)15-11/h6,8-9,13H,4-5,7H2,1-3H3. The molecule has 4 heteroatoms. The highest BCUT2D eigenvalue weighted by atomic mass is 35.5. The Hall–Kier alpha value is -0.120. The van der Waals surface area contributed by atoms with Gasteiger partial charge in [-0.25, -0.2) is 4.98 Å². The van der Waals surface area contributed by atoms with Gasteiger partial charge in [-0.05, 0) is 25.7 Å². The zero-order valence-electron chi connectivity index (χ0n) is 9.59. The molecule has 0 aliphatic heterocycles. The third-order valence-electron chi connectivity index (χ3n) is 2.30. The largest absolute Gasteiger partial charge is 0.308 e. The highest BCUT2D eigenvalue weighted by Gasteiger charge is 2.05. The third kappa shape index (κ3) is 5.50. The summed E-state index contributed by atoms with van der Waals surface area (Å²) in [5.41, 5.74) is 0. The van der Waals surface area contributed by atoms with Crippen molar-refractivity contribution in [1.29, 1.82) is 0 Å². The lowest BCUT2D eigenvalue weighted by Crippen LogP contribution is -2.25. The van der Waals surface area contributed by atoms with E-state index in [-0.39, 0.29) is 0 Å². The number of nitrogens with one attached hydrogen (secondary N) is 1. The zero-order chi connectivity index (χ0) is 11.3. The Kier molecular flexibility index (Phi) is 5.58. The topological polar surface area (TPSA) is 24.9 Å². The molecule has 15 heavy (non-hydrogen) atoms. The molecule has 1 N–H and O–H groups in total. The van der Waals surface area contributed by atoms with Crippen LogP contribution in [0.3, 0.4) is 0 Å². The summed E-state index contributed by atoms with van der Waals surface area (Å²) in [6, 6.07) is 0.551. The van der Waals surface area contributed by atoms with Crippen molar-refractivity contribution >= 4 is 22.9 Å². The van der Waals surface area contributed by atoms with Gasteiger partial charge in [0.1, 0.15) is 9.34 Å². The van der Waals surface area contributed by atoms with Crippen molar-refractivity contribution in [3.05, 3.63) is 15.5 Å². The Bertz CT molecular complexity index is 286. The summed E-state index contributed by atoms with van der Waals surface area (Å²) in [5.74, 6) is 0.781. The Balaban J connectivity index is 2.19. The maximum atomic E-state index is 5.81. The van der Waals surface area contributed by atoms with Crippen LogP contribution in [0.2, 0.25) is 4.34 Å². The van der Waals surface area contributed by atoms with Gasteiger partial charge in [-0.3, -0.25) is 0 Å². The van der Waals surface area contributed by atoms with Crippen LogP contribution in [-0.4, -0.2) is 11.0 Å². The highest BCUT2D eigenvalue weighted by molar-refractivity contribution is 7.15. The molecule has 0 bridgehead atoms. The molecule has 0 spiro atoms. The molecule has 0 radical (unpaired) electrons. The maximum Gasteiger partial charge on any atom is 0.113 e. The molecule has 0 saturated heterocycles. The Morgan fingerprint density at radius 1 is 1.40 bits per heavy atom. The molecule has 1 heterocycles. The van der Waals surface area contributed by atoms with Crippen molar-refractivity contribution in [1.82, 2.24) is 10.3 Å². The van der Waals surface area contributed by atoms with E-state index >= 15 is 0 Å². The fraction of sp³-hybridized carbons (Fsp3) is 0.727. The molecule has 1 aromatic rings. The van der Waals surface area contributed by atoms with Gasteiger partial charge in [-0.1, -0.05) is 25.4 Å². The molecule has 86 valence electrons. The molecule has 0 aliphatic rings. The van der Waals surface area contributed by atoms with Crippen molar-refractivity contribution in [2.24, 2.45) is 5.92 Å². The Morgan fingerprint density at radius 3 is 2.67 bits per heavy atom. The summed E-state index contributed by atoms with van der Waals surface area (Å²) in [6.45, 7) is 7.56. The van der Waals surface area contributed by atoms with Crippen LogP contribution in [0.15, 0.2) is 6.20 Å². The van der Waals surface area contributed by atoms with E-state index in [0.29, 0.717) is 6.04 Å². The summed E-state index contributed by atoms with van der Waals surface area (Å²) < 4.78 is 0.765. The molecule has 2 nitrogen and oxygen atoms in total. The maximum absolute atomic E-state index is 5.81. The lowest BCUT2D eigenvalue weighted by molar-refractivity contribution is 0.450. The minimum atomic E-state index is 0.551. The van der Waals surface area contributed by atoms with Crippen molar-refractivity contribution in [3.8, 4) is 0 Å². The normalized spacial score (nSPS) is 13.4. The van der Waals surface area contributed by atoms with Gasteiger partial charge in [0.2, 0.25) is 0 Å². The van der Waals surface area contributed by atoms with Crippen molar-refractivity contribution in [2.75, 3.05) is 0 Å². The molecule has 1 unspecified atom stereocenters. The van der Waals surface area contributed by atoms with Crippen molar-refractivity contribution in [3.63, 3.8) is 0 Å². The second-order valence-electron chi connectivity index (χ2n) is 4.31. The molecule has 0 amide bonds. The van der Waals surface area contributed by atoms with Crippen molar-refractivity contribution in [2.45, 2.75) is 46.2 Å². The third-order valence-corrected chi connectivity index (χ3v) is 3.42. The van der Waals surface area contributed by atoms with Crippen LogP contribution in [0.5, 0.6) is 0 Å². The van der Waals surface area contributed by atoms with Gasteiger partial charge in [0.25, 0.3) is 0 Å². The first-order valence-corrected chi connectivity index (χ1v) is 6.61. The summed E-state index contributed by atoms with van der Waals surface area (Å²) >= 11 is 7.35. The average Bonchev–Trinajstić information content (AvgIpc) is 2.58. The van der Waals surface area contributed by atoms with Crippen LogP contribution in [0, 0.1) is 5.92 Å². The molecule has 0 fully saturated rings. The monoisotopic (exact) mass is 246 g/mol. The lowest BCUT2D eigenvalue weighted by Gasteiger charge is -2.13. The predicted octanol–water partition coefficient (Wildman–Crippen LogP) is 3.71. The van der Waals surface area contributed by atoms with Crippen LogP contribution in [0.25, 0.3) is 0 Å². The van der Waals surface area contributed by atoms with E-state index in [1.165, 1.54) is 12.8 Å². The van der Waals surface area contributed by atoms with Gasteiger partial charge in [0.05, 0.1) is 6.20 Å². The van der Waals surface area contributed by atoms with Gasteiger partial charge in [0, 0.05) is 12.6 Å². The number of hydrogen-bond donors (Lipinski definition) is 1. The number of aromatic nitrogens is 1. The van der Waals surface area contributed by atoms with E-state index in [0.717, 1.165) is 21.8 Å². The van der Waals surface area contributed by atoms with Gasteiger partial charge < -0.3 is 5.32 Å². The number of nitrogens with zero attached hydrogens (tertiary/aromatic N) is 1. The zero-order valence-corrected chi connectivity index (χ0v) is 11.2. The Morgan fingerprint density at radius 2 is 2.13 bits per heavy atom. The van der Waals surface area contributed by atoms with Gasteiger partial charge in [0.15, 0.2) is 0 Å². The van der Waals surface area contributed by atoms with Crippen LogP contribution in [0.4, 0.5) is 0 Å². The summed E-state index contributed by atoms with van der Waals surface area (Å²) in [4.78, 5) is 4.21. The van der Waals surface area contributed by atoms with E-state index < -0.39 is 0 Å². The van der Waals surface area contributed by atoms with Crippen LogP contribution in [-0.2, 0) is 6.54 Å². The molecular weight excluding hydrogens is 228 g/mol. The molecule has 1 rings (SSSR count). The molecule has 1 aromatic heterocycles. The summed E-state index contributed by atoms with van der Waals surface area (Å²) in [5, 5.41) is 4.52. The van der Waals surface area contributed by atoms with Gasteiger partial charge in [-0.15, -0.1) is 11.3 Å². The Labute approximate surface area is 101 Å². The number of hydrogen-bond acceptors (Lipinski definition) is 3. The van der Waals surface area contributed by atoms with E-state index in [1.54, 1.807) is 17.5 Å². The predicted molar refractivity (Wildman–Crippen MR) is 67.5 cm³/mol. The molecular formula is C11H19ClN2S. The smallest absolute Gasteiger partial charge is 0.113 e. The average molecular weight is 247 g/mol. The van der Waals surface area contributed by atoms with E-state index in [4.69, 9.17) is 11.6 Å². The van der Waals surface area contributed by atoms with Gasteiger partial charge in [-0.2, -0.15) is 0 Å². The number of thiazole rings is 1. The fourth-order valence-corrected chi connectivity index (χ4v) is 2.22. The summed E-state index contributed by atoms with van der Waals surface area (Å²) in [6.07, 6.45) is 4.20. The minimum Gasteiger partial charge on any atom is -0.308 e. The highest BCUT2D eigenvalue weighted by Crippen LogP contribution is 2.18. The van der Waals surface area contributed by atoms with E-state index in [1.807, 2.05) is 0 Å². The number of rotatable bonds is 6. The van der Waals surface area contributed by atoms with E-state index in [2.05, 4.69) is 31.1 Å². The second-order valence-corrected chi connectivity index (χ2v) is 6.06. The first-order valence-electron chi connectivity index (χ1n) is 5.41. The first-order chi connectivity index (χ1) is 7.08. The molecule has 0 aliphatic carbocycles. The lowest BCUT2D eigenvalue weighted by atomic mass is 10.0. The van der Waals surface area contributed by atoms with Crippen LogP contribution < -0.4 is 5.32 Å². The number of halogens is 1. The summed E-state index contributed by atoms with van der Waals surface area (Å²) in [7, 11) is 0. The minimum absolute atomic E-state index is 0.551. The quantitative estimate of drug-likeness (QED) is 0.828. The van der Waals surface area contributed by atoms with E-state index in [9.17, 15) is 0 Å². The fourth-order valence-electron chi connectivity index (χ4n) is 1.32. The molecule has 0 aromatic carbocycles. The second kappa shape index (κ2) is 6.46. The SMILES string of the molecule is CC(C)CCC(C)NCc1ncc(Cl)s1. The first kappa shape index (κ1) is 12.9. The van der Waals surface area contributed by atoms with Crippen LogP contribution in [0.1, 0.15) is 38.6 Å². The van der Waals surface area contributed by atoms with Crippen LogP contribution >= 0.6 is 22.9 Å². The molecule has 1 atom stereocenters. The van der Waals surface area contributed by atoms with Crippen molar-refractivity contribution < 1.29 is 0 Å². The molecule has 0 saturated carbocycles. The van der Waals surface area contributed by atoms with Gasteiger partial charge >= 0.3 is 0 Å².